The van der Waals surface area contributed by atoms with Gasteiger partial charge in [0.25, 0.3) is 0 Å². The molecule has 0 aromatic carbocycles. The van der Waals surface area contributed by atoms with Crippen LogP contribution in [0.1, 0.15) is 20.8 Å². The molecule has 0 atom stereocenters. The number of rotatable bonds is 4. The quantitative estimate of drug-likeness (QED) is 0.518. The first-order valence-electron chi connectivity index (χ1n) is 4.42. The third-order valence-corrected chi connectivity index (χ3v) is 1.61. The Morgan fingerprint density at radius 2 is 1.87 bits per heavy atom. The van der Waals surface area contributed by atoms with Crippen molar-refractivity contribution in [2.45, 2.75) is 26.4 Å². The van der Waals surface area contributed by atoms with Crippen LogP contribution in [-0.4, -0.2) is 24.3 Å². The molecule has 0 aliphatic carbocycles. The summed E-state index contributed by atoms with van der Waals surface area (Å²) in [5.74, 6) is -0.587. The lowest BCUT2D eigenvalue weighted by atomic mass is 10.1. The maximum Gasteiger partial charge on any atom is 0.405 e. The highest BCUT2D eigenvalue weighted by molar-refractivity contribution is 5.83. The van der Waals surface area contributed by atoms with E-state index in [4.69, 9.17) is 16.2 Å². The van der Waals surface area contributed by atoms with Crippen LogP contribution in [-0.2, 0) is 14.3 Å². The molecule has 0 spiro atoms. The molecule has 1 amide bonds. The third kappa shape index (κ3) is 4.90. The highest BCUT2D eigenvalue weighted by atomic mass is 16.6. The number of hydrogen-bond acceptors (Lipinski definition) is 5. The monoisotopic (exact) mass is 216 g/mol. The zero-order valence-corrected chi connectivity index (χ0v) is 9.07. The van der Waals surface area contributed by atoms with Crippen molar-refractivity contribution >= 4 is 12.1 Å². The fourth-order valence-corrected chi connectivity index (χ4v) is 0.795. The number of amides is 1. The zero-order chi connectivity index (χ0) is 12.1. The first-order chi connectivity index (χ1) is 6.79. The summed E-state index contributed by atoms with van der Waals surface area (Å²) in [4.78, 5) is 21.6. The van der Waals surface area contributed by atoms with Gasteiger partial charge in [0.05, 0.1) is 12.3 Å². The summed E-state index contributed by atoms with van der Waals surface area (Å²) < 4.78 is 9.36. The van der Waals surface area contributed by atoms with E-state index < -0.39 is 17.7 Å². The van der Waals surface area contributed by atoms with Gasteiger partial charge in [-0.15, -0.1) is 0 Å². The van der Waals surface area contributed by atoms with E-state index in [0.717, 1.165) is 6.08 Å². The molecule has 0 aromatic heterocycles. The molecule has 0 aliphatic rings. The summed E-state index contributed by atoms with van der Waals surface area (Å²) in [7, 11) is 0. The lowest BCUT2D eigenvalue weighted by Gasteiger charge is -2.24. The summed E-state index contributed by atoms with van der Waals surface area (Å²) in [5, 5.41) is 0. The zero-order valence-electron chi connectivity index (χ0n) is 9.07. The minimum absolute atomic E-state index is 0.0692. The number of esters is 1. The minimum atomic E-state index is -1.13. The van der Waals surface area contributed by atoms with Gasteiger partial charge >= 0.3 is 12.1 Å². The molecule has 0 fully saturated rings. The van der Waals surface area contributed by atoms with E-state index >= 15 is 0 Å². The van der Waals surface area contributed by atoms with Crippen LogP contribution in [0.2, 0.25) is 0 Å². The second-order valence-corrected chi connectivity index (χ2v) is 3.28. The van der Waals surface area contributed by atoms with E-state index in [1.165, 1.54) is 13.8 Å². The standard InChI is InChI=1S/C9H16N2O4/c1-4-14-7(12)5-6(10)9(2,3)15-8(11)13/h5H,4,10H2,1-3H3,(H2,11,13). The predicted molar refractivity (Wildman–Crippen MR) is 53.7 cm³/mol. The molecule has 0 radical (unpaired) electrons. The molecule has 86 valence electrons. The molecule has 0 rings (SSSR count). The first kappa shape index (κ1) is 13.3. The predicted octanol–water partition coefficient (Wildman–Crippen LogP) is 0.266. The second kappa shape index (κ2) is 5.23. The first-order valence-corrected chi connectivity index (χ1v) is 4.42. The Labute approximate surface area is 88.2 Å². The molecule has 0 unspecified atom stereocenters. The van der Waals surface area contributed by atoms with E-state index in [-0.39, 0.29) is 12.3 Å². The van der Waals surface area contributed by atoms with Crippen molar-refractivity contribution < 1.29 is 19.1 Å². The second-order valence-electron chi connectivity index (χ2n) is 3.28. The molecule has 4 N–H and O–H groups in total. The lowest BCUT2D eigenvalue weighted by molar-refractivity contribution is -0.137. The van der Waals surface area contributed by atoms with Crippen LogP contribution in [0.5, 0.6) is 0 Å². The van der Waals surface area contributed by atoms with Crippen LogP contribution in [0.15, 0.2) is 11.8 Å². The molecule has 0 aromatic rings. The van der Waals surface area contributed by atoms with E-state index in [1.807, 2.05) is 0 Å². The number of primary amides is 1. The Morgan fingerprint density at radius 3 is 2.27 bits per heavy atom. The molecule has 6 heteroatoms. The fraction of sp³-hybridized carbons (Fsp3) is 0.556. The van der Waals surface area contributed by atoms with Crippen molar-refractivity contribution in [1.82, 2.24) is 0 Å². The Hall–Kier alpha value is -1.72. The largest absolute Gasteiger partial charge is 0.463 e. The Morgan fingerprint density at radius 1 is 1.33 bits per heavy atom. The number of hydrogen-bond donors (Lipinski definition) is 2. The summed E-state index contributed by atoms with van der Waals surface area (Å²) in [6.45, 7) is 4.96. The van der Waals surface area contributed by atoms with E-state index in [2.05, 4.69) is 4.74 Å². The number of carbonyl (C=O) groups excluding carboxylic acids is 2. The van der Waals surface area contributed by atoms with Gasteiger partial charge in [0.1, 0.15) is 5.60 Å². The Bertz CT molecular complexity index is 284. The summed E-state index contributed by atoms with van der Waals surface area (Å²) >= 11 is 0. The van der Waals surface area contributed by atoms with Gasteiger partial charge in [-0.25, -0.2) is 9.59 Å². The van der Waals surface area contributed by atoms with Crippen LogP contribution in [0.4, 0.5) is 4.79 Å². The Balaban J connectivity index is 4.59. The van der Waals surface area contributed by atoms with Crippen LogP contribution in [0.25, 0.3) is 0 Å². The topological polar surface area (TPSA) is 105 Å². The summed E-state index contributed by atoms with van der Waals surface area (Å²) in [6.07, 6.45) is 0.104. The molecule has 0 heterocycles. The van der Waals surface area contributed by atoms with Gasteiger partial charge < -0.3 is 20.9 Å². The molecule has 0 saturated carbocycles. The maximum atomic E-state index is 11.0. The van der Waals surface area contributed by atoms with Crippen LogP contribution < -0.4 is 11.5 Å². The summed E-state index contributed by atoms with van der Waals surface area (Å²) in [5.41, 5.74) is 9.35. The summed E-state index contributed by atoms with van der Waals surface area (Å²) in [6, 6.07) is 0. The fourth-order valence-electron chi connectivity index (χ4n) is 0.795. The minimum Gasteiger partial charge on any atom is -0.463 e. The molecular weight excluding hydrogens is 200 g/mol. The third-order valence-electron chi connectivity index (χ3n) is 1.61. The molecule has 0 saturated heterocycles. The van der Waals surface area contributed by atoms with Crippen molar-refractivity contribution in [2.24, 2.45) is 11.5 Å². The van der Waals surface area contributed by atoms with Crippen LogP contribution in [0, 0.1) is 0 Å². The van der Waals surface area contributed by atoms with Gasteiger partial charge in [-0.1, -0.05) is 0 Å². The highest BCUT2D eigenvalue weighted by Gasteiger charge is 2.25. The molecule has 15 heavy (non-hydrogen) atoms. The number of ether oxygens (including phenoxy) is 2. The van der Waals surface area contributed by atoms with Crippen molar-refractivity contribution in [2.75, 3.05) is 6.61 Å². The highest BCUT2D eigenvalue weighted by Crippen LogP contribution is 2.16. The number of carbonyl (C=O) groups is 2. The van der Waals surface area contributed by atoms with Gasteiger partial charge in [0, 0.05) is 6.08 Å². The van der Waals surface area contributed by atoms with Gasteiger partial charge in [0.15, 0.2) is 0 Å². The van der Waals surface area contributed by atoms with Crippen LogP contribution in [0.3, 0.4) is 0 Å². The van der Waals surface area contributed by atoms with E-state index in [9.17, 15) is 9.59 Å². The van der Waals surface area contributed by atoms with Crippen molar-refractivity contribution in [1.29, 1.82) is 0 Å². The van der Waals surface area contributed by atoms with Gasteiger partial charge in [-0.3, -0.25) is 0 Å². The van der Waals surface area contributed by atoms with Crippen molar-refractivity contribution in [3.63, 3.8) is 0 Å². The Kier molecular flexibility index (Phi) is 4.63. The normalized spacial score (nSPS) is 12.1. The van der Waals surface area contributed by atoms with Gasteiger partial charge in [0.2, 0.25) is 0 Å². The van der Waals surface area contributed by atoms with Crippen molar-refractivity contribution in [3.05, 3.63) is 11.8 Å². The smallest absolute Gasteiger partial charge is 0.405 e. The average molecular weight is 216 g/mol. The van der Waals surface area contributed by atoms with Crippen LogP contribution >= 0.6 is 0 Å². The molecule has 0 aliphatic heterocycles. The molecule has 6 nitrogen and oxygen atoms in total. The SMILES string of the molecule is CCOC(=O)C=C(N)C(C)(C)OC(N)=O. The average Bonchev–Trinajstić information content (AvgIpc) is 2.01. The van der Waals surface area contributed by atoms with E-state index in [0.29, 0.717) is 0 Å². The maximum absolute atomic E-state index is 11.0. The van der Waals surface area contributed by atoms with E-state index in [1.54, 1.807) is 6.92 Å². The molecular formula is C9H16N2O4. The molecule has 0 bridgehead atoms. The van der Waals surface area contributed by atoms with Gasteiger partial charge in [-0.05, 0) is 20.8 Å². The number of nitrogens with two attached hydrogens (primary N) is 2. The van der Waals surface area contributed by atoms with Gasteiger partial charge in [-0.2, -0.15) is 0 Å². The van der Waals surface area contributed by atoms with Crippen molar-refractivity contribution in [3.8, 4) is 0 Å². The lowest BCUT2D eigenvalue weighted by Crippen LogP contribution is -2.36.